The third-order valence-electron chi connectivity index (χ3n) is 8.72. The first-order valence-corrected chi connectivity index (χ1v) is 18.1. The highest BCUT2D eigenvalue weighted by Gasteiger charge is 2.24. The molecule has 0 amide bonds. The molecule has 10 nitrogen and oxygen atoms in total. The van der Waals surface area contributed by atoms with Crippen molar-refractivity contribution in [2.75, 3.05) is 26.4 Å². The molecule has 1 aliphatic heterocycles. The molecule has 3 heterocycles. The number of ether oxygens (including phenoxy) is 3. The fraction of sp³-hybridized carbons (Fsp3) is 0.318. The van der Waals surface area contributed by atoms with Crippen molar-refractivity contribution in [3.63, 3.8) is 0 Å². The maximum atomic E-state index is 10.3. The summed E-state index contributed by atoms with van der Waals surface area (Å²) < 4.78 is 16.0. The van der Waals surface area contributed by atoms with Gasteiger partial charge in [-0.2, -0.15) is 10.5 Å². The average Bonchev–Trinajstić information content (AvgIpc) is 3.80. The van der Waals surface area contributed by atoms with Crippen molar-refractivity contribution >= 4 is 21.8 Å². The van der Waals surface area contributed by atoms with Crippen LogP contribution >= 0.6 is 0 Å². The number of hydrogen-bond donors (Lipinski definition) is 5. The van der Waals surface area contributed by atoms with Crippen LogP contribution in [0.1, 0.15) is 49.9 Å². The minimum absolute atomic E-state index is 0.134. The van der Waals surface area contributed by atoms with Gasteiger partial charge in [0.05, 0.1) is 17.7 Å². The van der Waals surface area contributed by atoms with E-state index in [1.165, 1.54) is 27.4 Å². The largest absolute Gasteiger partial charge is 0.489 e. The summed E-state index contributed by atoms with van der Waals surface area (Å²) in [4.78, 5) is 6.56. The Bertz CT molecular complexity index is 2180. The zero-order valence-corrected chi connectivity index (χ0v) is 31.4. The SMILES string of the molecule is CC(C)(Cc1c[nH]c2ccccc12)NC[C@@H](O)COc1ccccc1C#N.CC(C)(N)Cc1c[nH]c2ccccc12.N#Cc1ccccc1OCC1CO1. The summed E-state index contributed by atoms with van der Waals surface area (Å²) >= 11 is 0. The zero-order chi connectivity index (χ0) is 38.6. The molecule has 10 heteroatoms. The Balaban J connectivity index is 0.000000173. The van der Waals surface area contributed by atoms with Gasteiger partial charge in [0.25, 0.3) is 0 Å². The first kappa shape index (κ1) is 39.6. The van der Waals surface area contributed by atoms with E-state index in [4.69, 9.17) is 30.5 Å². The van der Waals surface area contributed by atoms with Gasteiger partial charge in [0.1, 0.15) is 49.1 Å². The summed E-state index contributed by atoms with van der Waals surface area (Å²) in [5, 5.41) is 34.0. The van der Waals surface area contributed by atoms with E-state index in [2.05, 4.69) is 91.6 Å². The molecule has 2 atom stereocenters. The summed E-state index contributed by atoms with van der Waals surface area (Å²) in [6, 6.07) is 35.0. The molecule has 1 fully saturated rings. The van der Waals surface area contributed by atoms with E-state index >= 15 is 0 Å². The van der Waals surface area contributed by atoms with Crippen LogP contribution in [0.15, 0.2) is 109 Å². The first-order chi connectivity index (χ1) is 25.9. The molecule has 1 aliphatic rings. The number of epoxide rings is 1. The molecule has 0 aliphatic carbocycles. The minimum Gasteiger partial charge on any atom is -0.489 e. The number of H-pyrrole nitrogens is 2. The smallest absolute Gasteiger partial charge is 0.137 e. The number of benzene rings is 4. The van der Waals surface area contributed by atoms with E-state index < -0.39 is 6.10 Å². The standard InChI is InChI=1S/C22H25N3O2.C12H16N2.C10H9NO2/c1-22(2,11-17-13-24-20-9-5-4-8-19(17)20)25-14-18(26)15-27-21-10-6-3-7-16(21)12-23;1-12(2,13)7-9-8-14-11-6-4-3-5-10(9)11;11-5-8-3-1-2-4-10(8)13-7-9-6-12-9/h3-10,13,18,24-26H,11,14-15H2,1-2H3;3-6,8,14H,7,13H2,1-2H3;1-4,9H,6-7H2/t18-;;/m1../s1. The monoisotopic (exact) mass is 726 g/mol. The third-order valence-corrected chi connectivity index (χ3v) is 8.72. The summed E-state index contributed by atoms with van der Waals surface area (Å²) in [6.07, 6.45) is 5.40. The Labute approximate surface area is 317 Å². The van der Waals surface area contributed by atoms with Crippen molar-refractivity contribution in [2.45, 2.75) is 63.8 Å². The van der Waals surface area contributed by atoms with Gasteiger partial charge >= 0.3 is 0 Å². The lowest BCUT2D eigenvalue weighted by molar-refractivity contribution is 0.0987. The van der Waals surface area contributed by atoms with Gasteiger partial charge in [-0.15, -0.1) is 0 Å². The van der Waals surface area contributed by atoms with E-state index in [1.807, 2.05) is 42.6 Å². The van der Waals surface area contributed by atoms with Gasteiger partial charge in [-0.3, -0.25) is 0 Å². The zero-order valence-electron chi connectivity index (χ0n) is 31.4. The number of aliphatic hydroxyl groups excluding tert-OH is 1. The molecule has 7 rings (SSSR count). The number of aromatic nitrogens is 2. The molecule has 6 aromatic rings. The van der Waals surface area contributed by atoms with E-state index in [1.54, 1.807) is 30.3 Å². The number of nitrogens with two attached hydrogens (primary N) is 1. The summed E-state index contributed by atoms with van der Waals surface area (Å²) in [6.45, 7) is 10.2. The molecule has 4 aromatic carbocycles. The quantitative estimate of drug-likeness (QED) is 0.0781. The molecule has 0 bridgehead atoms. The number of rotatable bonds is 13. The number of aliphatic hydroxyl groups is 1. The highest BCUT2D eigenvalue weighted by Crippen LogP contribution is 2.24. The molecule has 2 aromatic heterocycles. The molecular weight excluding hydrogens is 677 g/mol. The van der Waals surface area contributed by atoms with E-state index in [0.29, 0.717) is 35.8 Å². The first-order valence-electron chi connectivity index (χ1n) is 18.1. The minimum atomic E-state index is -0.668. The van der Waals surface area contributed by atoms with E-state index in [-0.39, 0.29) is 23.8 Å². The molecule has 1 unspecified atom stereocenters. The van der Waals surface area contributed by atoms with Crippen LogP contribution < -0.4 is 20.5 Å². The van der Waals surface area contributed by atoms with Crippen LogP contribution in [0.25, 0.3) is 21.8 Å². The van der Waals surface area contributed by atoms with Gasteiger partial charge in [-0.25, -0.2) is 0 Å². The van der Waals surface area contributed by atoms with Crippen LogP contribution in [-0.2, 0) is 17.6 Å². The maximum Gasteiger partial charge on any atom is 0.137 e. The van der Waals surface area contributed by atoms with Crippen molar-refractivity contribution in [3.05, 3.63) is 132 Å². The Morgan fingerprint density at radius 1 is 0.778 bits per heavy atom. The maximum absolute atomic E-state index is 10.3. The Morgan fingerprint density at radius 2 is 1.26 bits per heavy atom. The van der Waals surface area contributed by atoms with Crippen LogP contribution in [0.4, 0.5) is 0 Å². The molecule has 0 radical (unpaired) electrons. The van der Waals surface area contributed by atoms with Crippen molar-refractivity contribution in [2.24, 2.45) is 5.73 Å². The number of hydrogen-bond acceptors (Lipinski definition) is 8. The molecule has 6 N–H and O–H groups in total. The van der Waals surface area contributed by atoms with Crippen molar-refractivity contribution in [1.29, 1.82) is 10.5 Å². The Kier molecular flexibility index (Phi) is 13.5. The topological polar surface area (TPSA) is 168 Å². The van der Waals surface area contributed by atoms with Crippen LogP contribution in [0.3, 0.4) is 0 Å². The molecule has 0 spiro atoms. The fourth-order valence-electron chi connectivity index (χ4n) is 5.94. The van der Waals surface area contributed by atoms with Crippen LogP contribution in [0, 0.1) is 22.7 Å². The fourth-order valence-corrected chi connectivity index (χ4v) is 5.94. The highest BCUT2D eigenvalue weighted by atomic mass is 16.6. The number of nitrogens with zero attached hydrogens (tertiary/aromatic N) is 2. The lowest BCUT2D eigenvalue weighted by atomic mass is 9.94. The lowest BCUT2D eigenvalue weighted by Gasteiger charge is -2.28. The van der Waals surface area contributed by atoms with Gasteiger partial charge in [-0.05, 0) is 88.1 Å². The Hall–Kier alpha value is -5.62. The van der Waals surface area contributed by atoms with Gasteiger partial charge in [0.15, 0.2) is 0 Å². The normalized spacial score (nSPS) is 14.1. The molecule has 1 saturated heterocycles. The van der Waals surface area contributed by atoms with Crippen LogP contribution in [-0.4, -0.2) is 64.7 Å². The summed E-state index contributed by atoms with van der Waals surface area (Å²) in [5.74, 6) is 1.14. The summed E-state index contributed by atoms with van der Waals surface area (Å²) in [5.41, 5.74) is 11.6. The number of nitriles is 2. The number of para-hydroxylation sites is 4. The Morgan fingerprint density at radius 3 is 1.78 bits per heavy atom. The highest BCUT2D eigenvalue weighted by molar-refractivity contribution is 5.83. The van der Waals surface area contributed by atoms with Crippen LogP contribution in [0.5, 0.6) is 11.5 Å². The van der Waals surface area contributed by atoms with Crippen molar-refractivity contribution < 1.29 is 19.3 Å². The van der Waals surface area contributed by atoms with Crippen molar-refractivity contribution in [3.8, 4) is 23.6 Å². The number of β-amino-alcohol motifs (C(OH)–C–C–N with tert-alkyl or cyclic N) is 1. The van der Waals surface area contributed by atoms with E-state index in [9.17, 15) is 5.11 Å². The lowest BCUT2D eigenvalue weighted by Crippen LogP contribution is -2.46. The van der Waals surface area contributed by atoms with E-state index in [0.717, 1.165) is 25.0 Å². The predicted molar refractivity (Wildman–Crippen MR) is 213 cm³/mol. The third kappa shape index (κ3) is 12.0. The molecular formula is C44H50N6O4. The van der Waals surface area contributed by atoms with Gasteiger partial charge < -0.3 is 40.3 Å². The van der Waals surface area contributed by atoms with Crippen LogP contribution in [0.2, 0.25) is 0 Å². The predicted octanol–water partition coefficient (Wildman–Crippen LogP) is 7.17. The second-order valence-corrected chi connectivity index (χ2v) is 14.8. The number of nitrogens with one attached hydrogen (secondary N) is 3. The van der Waals surface area contributed by atoms with Gasteiger partial charge in [0.2, 0.25) is 0 Å². The number of fused-ring (bicyclic) bond motifs is 2. The second kappa shape index (κ2) is 18.4. The second-order valence-electron chi connectivity index (χ2n) is 14.8. The van der Waals surface area contributed by atoms with Gasteiger partial charge in [-0.1, -0.05) is 60.7 Å². The molecule has 280 valence electrons. The van der Waals surface area contributed by atoms with Gasteiger partial charge in [0, 0.05) is 51.8 Å². The molecule has 54 heavy (non-hydrogen) atoms. The number of aromatic amines is 2. The van der Waals surface area contributed by atoms with Crippen molar-refractivity contribution in [1.82, 2.24) is 15.3 Å². The molecule has 0 saturated carbocycles. The summed E-state index contributed by atoms with van der Waals surface area (Å²) in [7, 11) is 0. The average molecular weight is 727 g/mol.